The zero-order valence-corrected chi connectivity index (χ0v) is 14.5. The highest BCUT2D eigenvalue weighted by atomic mass is 19.4. The van der Waals surface area contributed by atoms with E-state index >= 15 is 0 Å². The summed E-state index contributed by atoms with van der Waals surface area (Å²) in [5.41, 5.74) is -5.70. The summed E-state index contributed by atoms with van der Waals surface area (Å²) in [6.45, 7) is 5.96. The SMILES string of the molecule is Cc1cc(C)c(-c2cccc(C)c2C)c(C(F)(C(F)(F)F)C(F)(F)F)c1. The molecular weight excluding hydrogens is 361 g/mol. The molecule has 2 rings (SSSR count). The highest BCUT2D eigenvalue weighted by Crippen LogP contribution is 2.56. The smallest absolute Gasteiger partial charge is 0.218 e. The summed E-state index contributed by atoms with van der Waals surface area (Å²) in [6.07, 6.45) is -12.3. The van der Waals surface area contributed by atoms with Gasteiger partial charge in [0.1, 0.15) is 0 Å². The van der Waals surface area contributed by atoms with Crippen LogP contribution in [0.5, 0.6) is 0 Å². The summed E-state index contributed by atoms with van der Waals surface area (Å²) >= 11 is 0. The Hall–Kier alpha value is -2.05. The fraction of sp³-hybridized carbons (Fsp3) is 0.368. The molecule has 0 heterocycles. The molecule has 0 nitrogen and oxygen atoms in total. The molecule has 0 atom stereocenters. The summed E-state index contributed by atoms with van der Waals surface area (Å²) in [5.74, 6) is 0. The number of hydrogen-bond donors (Lipinski definition) is 0. The molecule has 0 aliphatic heterocycles. The molecule has 0 aliphatic rings. The van der Waals surface area contributed by atoms with Gasteiger partial charge < -0.3 is 0 Å². The van der Waals surface area contributed by atoms with Crippen molar-refractivity contribution in [3.63, 3.8) is 0 Å². The highest BCUT2D eigenvalue weighted by Gasteiger charge is 2.74. The Bertz CT molecular complexity index is 815. The number of halogens is 7. The van der Waals surface area contributed by atoms with Crippen molar-refractivity contribution in [3.8, 4) is 11.1 Å². The molecule has 0 bridgehead atoms. The van der Waals surface area contributed by atoms with Crippen LogP contribution in [-0.4, -0.2) is 12.4 Å². The first kappa shape index (κ1) is 20.3. The molecule has 0 saturated carbocycles. The molecule has 0 spiro atoms. The van der Waals surface area contributed by atoms with Crippen molar-refractivity contribution >= 4 is 0 Å². The van der Waals surface area contributed by atoms with Gasteiger partial charge in [0.05, 0.1) is 0 Å². The summed E-state index contributed by atoms with van der Waals surface area (Å²) < 4.78 is 94.8. The summed E-state index contributed by atoms with van der Waals surface area (Å²) in [7, 11) is 0. The van der Waals surface area contributed by atoms with Crippen molar-refractivity contribution in [2.75, 3.05) is 0 Å². The van der Waals surface area contributed by atoms with Crippen LogP contribution < -0.4 is 0 Å². The number of alkyl halides is 7. The predicted octanol–water partition coefficient (Wildman–Crippen LogP) is 6.88. The van der Waals surface area contributed by atoms with Crippen molar-refractivity contribution in [1.82, 2.24) is 0 Å². The topological polar surface area (TPSA) is 0 Å². The molecule has 26 heavy (non-hydrogen) atoms. The lowest BCUT2D eigenvalue weighted by atomic mass is 9.82. The number of aryl methyl sites for hydroxylation is 3. The van der Waals surface area contributed by atoms with Gasteiger partial charge in [0.2, 0.25) is 0 Å². The monoisotopic (exact) mass is 378 g/mol. The Morgan fingerprint density at radius 2 is 1.23 bits per heavy atom. The van der Waals surface area contributed by atoms with Gasteiger partial charge in [-0.1, -0.05) is 35.9 Å². The lowest BCUT2D eigenvalue weighted by Gasteiger charge is -2.33. The van der Waals surface area contributed by atoms with Crippen LogP contribution >= 0.6 is 0 Å². The van der Waals surface area contributed by atoms with Crippen molar-refractivity contribution in [1.29, 1.82) is 0 Å². The molecule has 0 unspecified atom stereocenters. The normalized spacial score (nSPS) is 13.2. The minimum atomic E-state index is -6.15. The zero-order valence-electron chi connectivity index (χ0n) is 14.5. The largest absolute Gasteiger partial charge is 0.435 e. The first-order valence-electron chi connectivity index (χ1n) is 7.72. The predicted molar refractivity (Wildman–Crippen MR) is 85.7 cm³/mol. The van der Waals surface area contributed by atoms with Gasteiger partial charge in [-0.3, -0.25) is 0 Å². The van der Waals surface area contributed by atoms with Crippen LogP contribution in [0.3, 0.4) is 0 Å². The van der Waals surface area contributed by atoms with Gasteiger partial charge in [0.25, 0.3) is 0 Å². The van der Waals surface area contributed by atoms with E-state index < -0.39 is 23.6 Å². The first-order valence-corrected chi connectivity index (χ1v) is 7.72. The van der Waals surface area contributed by atoms with E-state index in [4.69, 9.17) is 0 Å². The molecule has 0 amide bonds. The van der Waals surface area contributed by atoms with Crippen LogP contribution in [-0.2, 0) is 5.67 Å². The second-order valence-electron chi connectivity index (χ2n) is 6.41. The molecular formula is C19H17F7. The van der Waals surface area contributed by atoms with Gasteiger partial charge >= 0.3 is 18.0 Å². The minimum Gasteiger partial charge on any atom is -0.218 e. The average molecular weight is 378 g/mol. The van der Waals surface area contributed by atoms with E-state index in [0.29, 0.717) is 17.2 Å². The van der Waals surface area contributed by atoms with Gasteiger partial charge in [0, 0.05) is 5.56 Å². The van der Waals surface area contributed by atoms with Crippen LogP contribution in [0.4, 0.5) is 30.7 Å². The van der Waals surface area contributed by atoms with Gasteiger partial charge in [-0.15, -0.1) is 0 Å². The maximum atomic E-state index is 14.8. The number of hydrogen-bond acceptors (Lipinski definition) is 0. The molecule has 0 radical (unpaired) electrons. The van der Waals surface area contributed by atoms with Crippen molar-refractivity contribution in [2.24, 2.45) is 0 Å². The highest BCUT2D eigenvalue weighted by molar-refractivity contribution is 5.76. The molecule has 142 valence electrons. The van der Waals surface area contributed by atoms with E-state index in [1.165, 1.54) is 32.0 Å². The Morgan fingerprint density at radius 1 is 0.692 bits per heavy atom. The summed E-state index contributed by atoms with van der Waals surface area (Å²) in [4.78, 5) is 0. The average Bonchev–Trinajstić information content (AvgIpc) is 2.47. The molecule has 7 heteroatoms. The molecule has 2 aromatic carbocycles. The van der Waals surface area contributed by atoms with E-state index in [1.807, 2.05) is 0 Å². The zero-order chi connectivity index (χ0) is 20.1. The summed E-state index contributed by atoms with van der Waals surface area (Å²) in [5, 5.41) is 0. The van der Waals surface area contributed by atoms with Crippen LogP contribution in [0.2, 0.25) is 0 Å². The second kappa shape index (κ2) is 6.28. The second-order valence-corrected chi connectivity index (χ2v) is 6.41. The third-order valence-corrected chi connectivity index (χ3v) is 4.51. The minimum absolute atomic E-state index is 0.113. The quantitative estimate of drug-likeness (QED) is 0.500. The maximum Gasteiger partial charge on any atom is 0.435 e. The van der Waals surface area contributed by atoms with E-state index in [9.17, 15) is 30.7 Å². The van der Waals surface area contributed by atoms with Gasteiger partial charge in [-0.2, -0.15) is 26.3 Å². The van der Waals surface area contributed by atoms with Gasteiger partial charge in [-0.05, 0) is 55.5 Å². The Kier molecular flexibility index (Phi) is 4.90. The third kappa shape index (κ3) is 3.08. The first-order chi connectivity index (χ1) is 11.7. The number of benzene rings is 2. The lowest BCUT2D eigenvalue weighted by Crippen LogP contribution is -2.50. The van der Waals surface area contributed by atoms with Crippen molar-refractivity contribution in [2.45, 2.75) is 45.7 Å². The fourth-order valence-corrected chi connectivity index (χ4v) is 3.08. The molecule has 0 aliphatic carbocycles. The Labute approximate surface area is 146 Å². The molecule has 0 N–H and O–H groups in total. The number of rotatable bonds is 2. The van der Waals surface area contributed by atoms with Crippen LogP contribution in [0, 0.1) is 27.7 Å². The van der Waals surface area contributed by atoms with Crippen LogP contribution in [0.1, 0.15) is 27.8 Å². The maximum absolute atomic E-state index is 14.8. The van der Waals surface area contributed by atoms with E-state index in [1.54, 1.807) is 19.9 Å². The third-order valence-electron chi connectivity index (χ3n) is 4.51. The van der Waals surface area contributed by atoms with Crippen LogP contribution in [0.15, 0.2) is 30.3 Å². The van der Waals surface area contributed by atoms with E-state index in [-0.39, 0.29) is 22.3 Å². The molecule has 0 aromatic heterocycles. The van der Waals surface area contributed by atoms with Gasteiger partial charge in [-0.25, -0.2) is 4.39 Å². The van der Waals surface area contributed by atoms with Crippen molar-refractivity contribution < 1.29 is 30.7 Å². The van der Waals surface area contributed by atoms with E-state index in [0.717, 1.165) is 0 Å². The van der Waals surface area contributed by atoms with Crippen LogP contribution in [0.25, 0.3) is 11.1 Å². The summed E-state index contributed by atoms with van der Waals surface area (Å²) in [6, 6.07) is 6.66. The lowest BCUT2D eigenvalue weighted by molar-refractivity contribution is -0.348. The van der Waals surface area contributed by atoms with Gasteiger partial charge in [0.15, 0.2) is 0 Å². The Balaban J connectivity index is 3.00. The molecule has 0 saturated heterocycles. The standard InChI is InChI=1S/C19H17F7/c1-10-8-12(3)16(14-7-5-6-11(2)13(14)4)15(9-10)17(20,18(21,22)23)19(24,25)26/h5-9H,1-4H3. The fourth-order valence-electron chi connectivity index (χ4n) is 3.08. The van der Waals surface area contributed by atoms with Crippen molar-refractivity contribution in [3.05, 3.63) is 58.1 Å². The molecule has 0 fully saturated rings. The molecule has 2 aromatic rings. The Morgan fingerprint density at radius 3 is 1.73 bits per heavy atom. The van der Waals surface area contributed by atoms with E-state index in [2.05, 4.69) is 0 Å².